The monoisotopic (exact) mass is 541 g/mol. The van der Waals surface area contributed by atoms with Crippen molar-refractivity contribution in [3.63, 3.8) is 0 Å². The Balaban J connectivity index is 1.92. The van der Waals surface area contributed by atoms with Gasteiger partial charge in [0.1, 0.15) is 31.3 Å². The molecule has 3 rings (SSSR count). The van der Waals surface area contributed by atoms with E-state index in [-0.39, 0.29) is 53.0 Å². The molecule has 1 N–H and O–H groups in total. The van der Waals surface area contributed by atoms with E-state index in [1.807, 2.05) is 69.3 Å². The lowest BCUT2D eigenvalue weighted by molar-refractivity contribution is -0.129. The SMILES string of the molecule is COc1ccc(COc2cc(/C(=N/OCC(C)(C)C)C(=O)O)cc(Cl)c2OCc2ccc(OC)cc2)cc1. The van der Waals surface area contributed by atoms with Crippen molar-refractivity contribution in [1.29, 1.82) is 0 Å². The number of carboxylic acid groups (broad SMARTS) is 1. The molecule has 8 nitrogen and oxygen atoms in total. The zero-order valence-electron chi connectivity index (χ0n) is 22.1. The van der Waals surface area contributed by atoms with Crippen molar-refractivity contribution in [2.45, 2.75) is 34.0 Å². The van der Waals surface area contributed by atoms with Gasteiger partial charge in [0, 0.05) is 5.56 Å². The second-order valence-electron chi connectivity index (χ2n) is 9.64. The van der Waals surface area contributed by atoms with Gasteiger partial charge in [-0.1, -0.05) is 61.8 Å². The van der Waals surface area contributed by atoms with Gasteiger partial charge in [0.25, 0.3) is 0 Å². The molecule has 0 amide bonds. The van der Waals surface area contributed by atoms with Gasteiger partial charge < -0.3 is 28.9 Å². The Kier molecular flexibility index (Phi) is 9.85. The lowest BCUT2D eigenvalue weighted by Gasteiger charge is -2.17. The highest BCUT2D eigenvalue weighted by atomic mass is 35.5. The van der Waals surface area contributed by atoms with Crippen molar-refractivity contribution in [2.24, 2.45) is 10.6 Å². The molecule has 0 aromatic heterocycles. The van der Waals surface area contributed by atoms with Gasteiger partial charge in [0.15, 0.2) is 17.2 Å². The number of carboxylic acids is 1. The van der Waals surface area contributed by atoms with Crippen molar-refractivity contribution >= 4 is 23.3 Å². The lowest BCUT2D eigenvalue weighted by atomic mass is 9.99. The van der Waals surface area contributed by atoms with Gasteiger partial charge in [-0.2, -0.15) is 0 Å². The summed E-state index contributed by atoms with van der Waals surface area (Å²) in [6.45, 7) is 6.50. The fourth-order valence-electron chi connectivity index (χ4n) is 3.22. The lowest BCUT2D eigenvalue weighted by Crippen LogP contribution is -2.18. The first kappa shape index (κ1) is 28.7. The Hall–Kier alpha value is -3.91. The topological polar surface area (TPSA) is 95.8 Å². The van der Waals surface area contributed by atoms with Gasteiger partial charge in [0.05, 0.1) is 19.2 Å². The van der Waals surface area contributed by atoms with Crippen molar-refractivity contribution in [3.8, 4) is 23.0 Å². The zero-order chi connectivity index (χ0) is 27.7. The van der Waals surface area contributed by atoms with Gasteiger partial charge >= 0.3 is 5.97 Å². The smallest absolute Gasteiger partial charge is 0.358 e. The predicted octanol–water partition coefficient (Wildman–Crippen LogP) is 6.37. The molecule has 0 spiro atoms. The maximum Gasteiger partial charge on any atom is 0.358 e. The summed E-state index contributed by atoms with van der Waals surface area (Å²) in [6.07, 6.45) is 0. The van der Waals surface area contributed by atoms with Gasteiger partial charge in [-0.15, -0.1) is 0 Å². The Morgan fingerprint density at radius 3 is 1.87 bits per heavy atom. The second kappa shape index (κ2) is 13.1. The van der Waals surface area contributed by atoms with Crippen LogP contribution in [0.1, 0.15) is 37.5 Å². The standard InChI is InChI=1S/C29H32ClNO7/c1-29(2,3)18-38-31-26(28(32)33)21-14-24(30)27(37-17-20-8-12-23(35-5)13-9-20)25(15-21)36-16-19-6-10-22(34-4)11-7-19/h6-15H,16-18H2,1-5H3,(H,32,33)/b31-26-. The summed E-state index contributed by atoms with van der Waals surface area (Å²) in [5.41, 5.74) is 1.48. The predicted molar refractivity (Wildman–Crippen MR) is 146 cm³/mol. The Morgan fingerprint density at radius 2 is 1.39 bits per heavy atom. The van der Waals surface area contributed by atoms with Crippen molar-refractivity contribution < 1.29 is 33.7 Å². The molecule has 0 unspecified atom stereocenters. The average Bonchev–Trinajstić information content (AvgIpc) is 2.89. The molecule has 0 bridgehead atoms. The quantitative estimate of drug-likeness (QED) is 0.210. The highest BCUT2D eigenvalue weighted by molar-refractivity contribution is 6.43. The zero-order valence-corrected chi connectivity index (χ0v) is 22.9. The first-order valence-corrected chi connectivity index (χ1v) is 12.3. The number of oxime groups is 1. The average molecular weight is 542 g/mol. The molecule has 0 atom stereocenters. The van der Waals surface area contributed by atoms with Crippen LogP contribution in [0.3, 0.4) is 0 Å². The number of methoxy groups -OCH3 is 2. The summed E-state index contributed by atoms with van der Waals surface area (Å²) < 4.78 is 22.5. The number of carbonyl (C=O) groups is 1. The number of ether oxygens (including phenoxy) is 4. The van der Waals surface area contributed by atoms with Crippen molar-refractivity contribution in [2.75, 3.05) is 20.8 Å². The Morgan fingerprint density at radius 1 is 0.868 bits per heavy atom. The van der Waals surface area contributed by atoms with E-state index in [4.69, 9.17) is 35.4 Å². The molecule has 3 aromatic carbocycles. The van der Waals surface area contributed by atoms with Crippen LogP contribution in [0, 0.1) is 5.41 Å². The molecule has 9 heteroatoms. The number of nitrogens with zero attached hydrogens (tertiary/aromatic N) is 1. The molecular formula is C29H32ClNO7. The molecule has 0 saturated carbocycles. The van der Waals surface area contributed by atoms with Gasteiger partial charge in [-0.25, -0.2) is 4.79 Å². The first-order valence-electron chi connectivity index (χ1n) is 11.9. The molecule has 0 radical (unpaired) electrons. The first-order chi connectivity index (χ1) is 18.1. The highest BCUT2D eigenvalue weighted by Crippen LogP contribution is 2.38. The van der Waals surface area contributed by atoms with E-state index in [2.05, 4.69) is 5.16 Å². The molecule has 0 fully saturated rings. The minimum absolute atomic E-state index is 0.172. The van der Waals surface area contributed by atoms with E-state index >= 15 is 0 Å². The van der Waals surface area contributed by atoms with Crippen LogP contribution in [0.4, 0.5) is 0 Å². The molecule has 38 heavy (non-hydrogen) atoms. The van der Waals surface area contributed by atoms with E-state index in [1.165, 1.54) is 12.1 Å². The maximum atomic E-state index is 12.0. The van der Waals surface area contributed by atoms with E-state index in [0.29, 0.717) is 0 Å². The highest BCUT2D eigenvalue weighted by Gasteiger charge is 2.21. The number of hydrogen-bond acceptors (Lipinski definition) is 7. The molecule has 202 valence electrons. The minimum Gasteiger partial charge on any atom is -0.497 e. The summed E-state index contributed by atoms with van der Waals surface area (Å²) in [6, 6.07) is 17.8. The number of aliphatic carboxylic acids is 1. The van der Waals surface area contributed by atoms with Crippen LogP contribution in [0.15, 0.2) is 65.8 Å². The van der Waals surface area contributed by atoms with Gasteiger partial charge in [0.2, 0.25) is 0 Å². The number of rotatable bonds is 12. The van der Waals surface area contributed by atoms with Crippen LogP contribution in [0.25, 0.3) is 0 Å². The van der Waals surface area contributed by atoms with Crippen LogP contribution in [-0.4, -0.2) is 37.6 Å². The van der Waals surface area contributed by atoms with E-state index < -0.39 is 5.97 Å². The molecule has 3 aromatic rings. The van der Waals surface area contributed by atoms with Crippen LogP contribution in [0.5, 0.6) is 23.0 Å². The Bertz CT molecular complexity index is 1250. The third kappa shape index (κ3) is 8.31. The summed E-state index contributed by atoms with van der Waals surface area (Å²) in [5, 5.41) is 13.9. The molecular weight excluding hydrogens is 510 g/mol. The second-order valence-corrected chi connectivity index (χ2v) is 10.0. The fourth-order valence-corrected chi connectivity index (χ4v) is 3.48. The fraction of sp³-hybridized carbons (Fsp3) is 0.310. The molecule has 0 heterocycles. The largest absolute Gasteiger partial charge is 0.497 e. The maximum absolute atomic E-state index is 12.0. The number of benzene rings is 3. The van der Waals surface area contributed by atoms with Crippen molar-refractivity contribution in [3.05, 3.63) is 82.4 Å². The summed E-state index contributed by atoms with van der Waals surface area (Å²) in [7, 11) is 3.19. The normalized spacial score (nSPS) is 11.6. The minimum atomic E-state index is -1.26. The molecule has 0 aliphatic carbocycles. The van der Waals surface area contributed by atoms with E-state index in [0.717, 1.165) is 22.6 Å². The number of hydrogen-bond donors (Lipinski definition) is 1. The Labute approximate surface area is 227 Å². The van der Waals surface area contributed by atoms with Crippen LogP contribution >= 0.6 is 11.6 Å². The van der Waals surface area contributed by atoms with Gasteiger partial charge in [-0.05, 0) is 52.9 Å². The van der Waals surface area contributed by atoms with Crippen molar-refractivity contribution in [1.82, 2.24) is 0 Å². The summed E-state index contributed by atoms with van der Waals surface area (Å²) in [5.74, 6) is 0.735. The summed E-state index contributed by atoms with van der Waals surface area (Å²) >= 11 is 6.59. The third-order valence-corrected chi connectivity index (χ3v) is 5.52. The summed E-state index contributed by atoms with van der Waals surface area (Å²) in [4.78, 5) is 17.3. The van der Waals surface area contributed by atoms with E-state index in [9.17, 15) is 9.90 Å². The molecule has 0 saturated heterocycles. The van der Waals surface area contributed by atoms with Crippen LogP contribution in [0.2, 0.25) is 5.02 Å². The third-order valence-electron chi connectivity index (χ3n) is 5.23. The van der Waals surface area contributed by atoms with Crippen LogP contribution in [-0.2, 0) is 22.8 Å². The van der Waals surface area contributed by atoms with Crippen LogP contribution < -0.4 is 18.9 Å². The van der Waals surface area contributed by atoms with Gasteiger partial charge in [-0.3, -0.25) is 0 Å². The molecule has 0 aliphatic rings. The van der Waals surface area contributed by atoms with E-state index in [1.54, 1.807) is 14.2 Å². The molecule has 0 aliphatic heterocycles. The number of halogens is 1.